The third-order valence-electron chi connectivity index (χ3n) is 2.65. The van der Waals surface area contributed by atoms with Crippen LogP contribution in [0.1, 0.15) is 13.3 Å². The normalized spacial score (nSPS) is 11.8. The zero-order chi connectivity index (χ0) is 15.3. The van der Waals surface area contributed by atoms with Crippen LogP contribution in [0.3, 0.4) is 0 Å². The summed E-state index contributed by atoms with van der Waals surface area (Å²) in [5.74, 6) is 0. The van der Waals surface area contributed by atoms with E-state index in [1.807, 2.05) is 0 Å². The van der Waals surface area contributed by atoms with Crippen molar-refractivity contribution in [3.05, 3.63) is 28.3 Å². The van der Waals surface area contributed by atoms with Gasteiger partial charge in [0.05, 0.1) is 17.2 Å². The minimum atomic E-state index is -3.97. The van der Waals surface area contributed by atoms with Crippen molar-refractivity contribution >= 4 is 21.4 Å². The maximum atomic E-state index is 12.4. The van der Waals surface area contributed by atoms with Crippen LogP contribution in [0.5, 0.6) is 0 Å². The second kappa shape index (κ2) is 6.64. The van der Waals surface area contributed by atoms with Crippen molar-refractivity contribution in [2.24, 2.45) is 0 Å². The Labute approximate surface area is 117 Å². The molecule has 9 heteroatoms. The summed E-state index contributed by atoms with van der Waals surface area (Å²) in [6.07, 6.45) is 0.550. The second-order valence-corrected chi connectivity index (χ2v) is 6.01. The highest BCUT2D eigenvalue weighted by atomic mass is 32.2. The van der Waals surface area contributed by atoms with Gasteiger partial charge < -0.3 is 10.8 Å². The number of rotatable bonds is 7. The number of aliphatic hydroxyl groups is 1. The average molecular weight is 303 g/mol. The van der Waals surface area contributed by atoms with E-state index in [4.69, 9.17) is 10.8 Å². The molecule has 0 fully saturated rings. The summed E-state index contributed by atoms with van der Waals surface area (Å²) in [6.45, 7) is 1.56. The summed E-state index contributed by atoms with van der Waals surface area (Å²) in [4.78, 5) is 9.73. The lowest BCUT2D eigenvalue weighted by Crippen LogP contribution is -2.34. The number of nitro groups is 1. The molecule has 3 N–H and O–H groups in total. The maximum absolute atomic E-state index is 12.4. The van der Waals surface area contributed by atoms with Crippen LogP contribution in [0.25, 0.3) is 0 Å². The molecule has 0 heterocycles. The average Bonchev–Trinajstić information content (AvgIpc) is 2.38. The number of sulfonamides is 1. The Balaban J connectivity index is 3.32. The van der Waals surface area contributed by atoms with Crippen LogP contribution in [-0.4, -0.2) is 42.4 Å². The number of benzene rings is 1. The van der Waals surface area contributed by atoms with E-state index in [0.29, 0.717) is 6.42 Å². The number of nitro benzene ring substituents is 1. The summed E-state index contributed by atoms with van der Waals surface area (Å²) < 4.78 is 25.9. The highest BCUT2D eigenvalue weighted by Gasteiger charge is 2.27. The fourth-order valence-corrected chi connectivity index (χ4v) is 3.37. The van der Waals surface area contributed by atoms with Crippen molar-refractivity contribution in [1.82, 2.24) is 4.31 Å². The lowest BCUT2D eigenvalue weighted by molar-refractivity contribution is -0.385. The summed E-state index contributed by atoms with van der Waals surface area (Å²) in [7, 11) is -3.97. The van der Waals surface area contributed by atoms with Crippen molar-refractivity contribution < 1.29 is 18.4 Å². The van der Waals surface area contributed by atoms with Crippen LogP contribution in [0.15, 0.2) is 23.1 Å². The molecular weight excluding hydrogens is 286 g/mol. The minimum absolute atomic E-state index is 0.0605. The van der Waals surface area contributed by atoms with E-state index in [1.165, 1.54) is 6.07 Å². The first-order valence-corrected chi connectivity index (χ1v) is 7.43. The number of hydrogen-bond acceptors (Lipinski definition) is 6. The fourth-order valence-electron chi connectivity index (χ4n) is 1.71. The summed E-state index contributed by atoms with van der Waals surface area (Å²) >= 11 is 0. The van der Waals surface area contributed by atoms with Gasteiger partial charge in [0.15, 0.2) is 0 Å². The van der Waals surface area contributed by atoms with Crippen molar-refractivity contribution in [2.45, 2.75) is 18.2 Å². The number of aliphatic hydroxyl groups excluding tert-OH is 1. The lowest BCUT2D eigenvalue weighted by Gasteiger charge is -2.21. The minimum Gasteiger partial charge on any atom is -0.398 e. The smallest absolute Gasteiger partial charge is 0.270 e. The van der Waals surface area contributed by atoms with Crippen LogP contribution in [0.2, 0.25) is 0 Å². The van der Waals surface area contributed by atoms with Gasteiger partial charge >= 0.3 is 0 Å². The molecule has 0 aliphatic heterocycles. The molecule has 0 amide bonds. The molecule has 0 saturated heterocycles. The van der Waals surface area contributed by atoms with Gasteiger partial charge in [-0.1, -0.05) is 6.92 Å². The Morgan fingerprint density at radius 1 is 1.40 bits per heavy atom. The number of hydrogen-bond donors (Lipinski definition) is 2. The molecule has 0 bridgehead atoms. The van der Waals surface area contributed by atoms with Gasteiger partial charge in [-0.3, -0.25) is 10.1 Å². The Morgan fingerprint density at radius 2 is 2.05 bits per heavy atom. The van der Waals surface area contributed by atoms with Crippen molar-refractivity contribution in [2.75, 3.05) is 25.4 Å². The summed E-state index contributed by atoms with van der Waals surface area (Å²) in [5.41, 5.74) is 5.21. The van der Waals surface area contributed by atoms with Crippen LogP contribution < -0.4 is 5.73 Å². The van der Waals surface area contributed by atoms with Gasteiger partial charge in [-0.05, 0) is 12.5 Å². The van der Waals surface area contributed by atoms with Crippen LogP contribution >= 0.6 is 0 Å². The first-order chi connectivity index (χ1) is 9.34. The standard InChI is InChI=1S/C11H17N3O5S/c1-2-5-13(6-7-15)20(18,19)11-8-9(14(16)17)3-4-10(11)12/h3-4,8,15H,2,5-7,12H2,1H3. The summed E-state index contributed by atoms with van der Waals surface area (Å²) in [5, 5.41) is 19.7. The van der Waals surface area contributed by atoms with Gasteiger partial charge in [0, 0.05) is 25.2 Å². The largest absolute Gasteiger partial charge is 0.398 e. The zero-order valence-electron chi connectivity index (χ0n) is 11.0. The number of non-ortho nitro benzene ring substituents is 1. The Kier molecular flexibility index (Phi) is 5.43. The van der Waals surface area contributed by atoms with Crippen LogP contribution in [-0.2, 0) is 10.0 Å². The predicted octanol–water partition coefficient (Wildman–Crippen LogP) is 0.570. The Morgan fingerprint density at radius 3 is 2.55 bits per heavy atom. The zero-order valence-corrected chi connectivity index (χ0v) is 11.8. The fraction of sp³-hybridized carbons (Fsp3) is 0.455. The molecule has 0 atom stereocenters. The van der Waals surface area contributed by atoms with Crippen LogP contribution in [0, 0.1) is 10.1 Å². The van der Waals surface area contributed by atoms with Gasteiger partial charge in [-0.15, -0.1) is 0 Å². The maximum Gasteiger partial charge on any atom is 0.270 e. The molecule has 8 nitrogen and oxygen atoms in total. The Bertz CT molecular complexity index is 582. The molecular formula is C11H17N3O5S. The second-order valence-electron chi connectivity index (χ2n) is 4.11. The highest BCUT2D eigenvalue weighted by Crippen LogP contribution is 2.26. The molecule has 0 unspecified atom stereocenters. The van der Waals surface area contributed by atoms with Gasteiger partial charge in [0.2, 0.25) is 10.0 Å². The van der Waals surface area contributed by atoms with E-state index in [2.05, 4.69) is 0 Å². The number of nitrogens with zero attached hydrogens (tertiary/aromatic N) is 2. The molecule has 0 radical (unpaired) electrons. The van der Waals surface area contributed by atoms with Crippen molar-refractivity contribution in [3.63, 3.8) is 0 Å². The molecule has 0 aromatic heterocycles. The monoisotopic (exact) mass is 303 g/mol. The third-order valence-corrected chi connectivity index (χ3v) is 4.60. The topological polar surface area (TPSA) is 127 Å². The van der Waals surface area contributed by atoms with E-state index < -0.39 is 14.9 Å². The lowest BCUT2D eigenvalue weighted by atomic mass is 10.3. The quantitative estimate of drug-likeness (QED) is 0.430. The molecule has 1 aromatic carbocycles. The third kappa shape index (κ3) is 3.44. The molecule has 0 aliphatic rings. The number of anilines is 1. The molecule has 0 aliphatic carbocycles. The number of nitrogen functional groups attached to an aromatic ring is 1. The van der Waals surface area contributed by atoms with Gasteiger partial charge in [-0.25, -0.2) is 8.42 Å². The summed E-state index contributed by atoms with van der Waals surface area (Å²) in [6, 6.07) is 3.27. The van der Waals surface area contributed by atoms with E-state index in [0.717, 1.165) is 16.4 Å². The first kappa shape index (κ1) is 16.3. The van der Waals surface area contributed by atoms with E-state index in [-0.39, 0.29) is 36.0 Å². The SMILES string of the molecule is CCCN(CCO)S(=O)(=O)c1cc([N+](=O)[O-])ccc1N. The highest BCUT2D eigenvalue weighted by molar-refractivity contribution is 7.89. The van der Waals surface area contributed by atoms with Gasteiger partial charge in [0.25, 0.3) is 5.69 Å². The molecule has 1 rings (SSSR count). The van der Waals surface area contributed by atoms with Crippen molar-refractivity contribution in [3.8, 4) is 0 Å². The molecule has 1 aromatic rings. The molecule has 20 heavy (non-hydrogen) atoms. The molecule has 0 saturated carbocycles. The predicted molar refractivity (Wildman–Crippen MR) is 73.6 cm³/mol. The molecule has 0 spiro atoms. The number of nitrogens with two attached hydrogens (primary N) is 1. The van der Waals surface area contributed by atoms with Gasteiger partial charge in [-0.2, -0.15) is 4.31 Å². The van der Waals surface area contributed by atoms with E-state index in [9.17, 15) is 18.5 Å². The van der Waals surface area contributed by atoms with E-state index in [1.54, 1.807) is 6.92 Å². The van der Waals surface area contributed by atoms with Crippen molar-refractivity contribution in [1.29, 1.82) is 0 Å². The molecule has 112 valence electrons. The van der Waals surface area contributed by atoms with Gasteiger partial charge in [0.1, 0.15) is 4.90 Å². The van der Waals surface area contributed by atoms with Crippen LogP contribution in [0.4, 0.5) is 11.4 Å². The Hall–Kier alpha value is -1.71. The first-order valence-electron chi connectivity index (χ1n) is 5.99. The van der Waals surface area contributed by atoms with E-state index >= 15 is 0 Å².